The van der Waals surface area contributed by atoms with Crippen LogP contribution in [0.1, 0.15) is 25.3 Å². The SMILES string of the molecule is CCN(CC1CC1)S(=O)(=O)c1cc(N)c(C)c(F)c1. The Balaban J connectivity index is 2.36. The lowest BCUT2D eigenvalue weighted by Crippen LogP contribution is -2.33. The summed E-state index contributed by atoms with van der Waals surface area (Å²) in [6.07, 6.45) is 2.13. The predicted molar refractivity (Wildman–Crippen MR) is 72.7 cm³/mol. The highest BCUT2D eigenvalue weighted by Crippen LogP contribution is 2.32. The summed E-state index contributed by atoms with van der Waals surface area (Å²) in [5, 5.41) is 0. The normalized spacial score (nSPS) is 16.0. The molecule has 1 aromatic carbocycles. The Morgan fingerprint density at radius 3 is 2.53 bits per heavy atom. The van der Waals surface area contributed by atoms with Crippen molar-refractivity contribution in [1.82, 2.24) is 4.31 Å². The molecule has 0 bridgehead atoms. The molecule has 0 atom stereocenters. The van der Waals surface area contributed by atoms with Gasteiger partial charge in [0.25, 0.3) is 0 Å². The molecule has 1 aliphatic rings. The van der Waals surface area contributed by atoms with Crippen molar-refractivity contribution in [3.05, 3.63) is 23.5 Å². The van der Waals surface area contributed by atoms with E-state index in [1.165, 1.54) is 17.3 Å². The number of hydrogen-bond acceptors (Lipinski definition) is 3. The Kier molecular flexibility index (Phi) is 3.82. The van der Waals surface area contributed by atoms with Crippen LogP contribution in [-0.2, 0) is 10.0 Å². The number of nitrogen functional groups attached to an aromatic ring is 1. The van der Waals surface area contributed by atoms with Crippen molar-refractivity contribution < 1.29 is 12.8 Å². The van der Waals surface area contributed by atoms with Crippen LogP contribution >= 0.6 is 0 Å². The number of rotatable bonds is 5. The second-order valence-electron chi connectivity index (χ2n) is 5.02. The van der Waals surface area contributed by atoms with Crippen LogP contribution < -0.4 is 5.73 Å². The fourth-order valence-corrected chi connectivity index (χ4v) is 3.53. The summed E-state index contributed by atoms with van der Waals surface area (Å²) in [6, 6.07) is 2.39. The van der Waals surface area contributed by atoms with Gasteiger partial charge in [-0.2, -0.15) is 4.31 Å². The summed E-state index contributed by atoms with van der Waals surface area (Å²) in [4.78, 5) is -0.0596. The first-order chi connectivity index (χ1) is 8.86. The molecule has 1 fully saturated rings. The van der Waals surface area contributed by atoms with E-state index in [1.54, 1.807) is 6.92 Å². The smallest absolute Gasteiger partial charge is 0.243 e. The van der Waals surface area contributed by atoms with E-state index in [0.29, 0.717) is 19.0 Å². The Morgan fingerprint density at radius 1 is 1.42 bits per heavy atom. The van der Waals surface area contributed by atoms with Crippen molar-refractivity contribution in [1.29, 1.82) is 0 Å². The molecule has 2 rings (SSSR count). The molecule has 0 radical (unpaired) electrons. The second kappa shape index (κ2) is 5.09. The third-order valence-electron chi connectivity index (χ3n) is 3.51. The predicted octanol–water partition coefficient (Wildman–Crippen LogP) is 2.14. The number of anilines is 1. The van der Waals surface area contributed by atoms with E-state index in [2.05, 4.69) is 0 Å². The van der Waals surface area contributed by atoms with E-state index in [4.69, 9.17) is 5.73 Å². The van der Waals surface area contributed by atoms with Crippen LogP contribution in [0.3, 0.4) is 0 Å². The molecular weight excluding hydrogens is 267 g/mol. The van der Waals surface area contributed by atoms with Gasteiger partial charge in [0, 0.05) is 24.3 Å². The molecule has 0 unspecified atom stereocenters. The van der Waals surface area contributed by atoms with Crippen molar-refractivity contribution in [2.24, 2.45) is 5.92 Å². The number of hydrogen-bond donors (Lipinski definition) is 1. The Morgan fingerprint density at radius 2 is 2.05 bits per heavy atom. The quantitative estimate of drug-likeness (QED) is 0.843. The van der Waals surface area contributed by atoms with E-state index in [-0.39, 0.29) is 16.1 Å². The van der Waals surface area contributed by atoms with E-state index in [1.807, 2.05) is 0 Å². The molecule has 1 aliphatic carbocycles. The van der Waals surface area contributed by atoms with Gasteiger partial charge in [0.1, 0.15) is 5.82 Å². The first kappa shape index (κ1) is 14.3. The van der Waals surface area contributed by atoms with Crippen molar-refractivity contribution in [3.63, 3.8) is 0 Å². The van der Waals surface area contributed by atoms with E-state index < -0.39 is 15.8 Å². The summed E-state index contributed by atoms with van der Waals surface area (Å²) >= 11 is 0. The largest absolute Gasteiger partial charge is 0.398 e. The van der Waals surface area contributed by atoms with Gasteiger partial charge in [-0.15, -0.1) is 0 Å². The van der Waals surface area contributed by atoms with Crippen LogP contribution in [0, 0.1) is 18.7 Å². The molecule has 0 aliphatic heterocycles. The van der Waals surface area contributed by atoms with Crippen LogP contribution in [0.15, 0.2) is 17.0 Å². The molecule has 6 heteroatoms. The highest BCUT2D eigenvalue weighted by molar-refractivity contribution is 7.89. The molecule has 0 aromatic heterocycles. The van der Waals surface area contributed by atoms with Gasteiger partial charge in [-0.05, 0) is 37.8 Å². The number of sulfonamides is 1. The molecule has 106 valence electrons. The Bertz CT molecular complexity index is 559. The van der Waals surface area contributed by atoms with Crippen LogP contribution in [0.5, 0.6) is 0 Å². The summed E-state index contributed by atoms with van der Waals surface area (Å²) in [5.74, 6) is -0.136. The molecule has 2 N–H and O–H groups in total. The molecule has 19 heavy (non-hydrogen) atoms. The summed E-state index contributed by atoms with van der Waals surface area (Å²) in [6.45, 7) is 4.21. The molecule has 4 nitrogen and oxygen atoms in total. The highest BCUT2D eigenvalue weighted by Gasteiger charge is 2.31. The van der Waals surface area contributed by atoms with Crippen LogP contribution in [0.25, 0.3) is 0 Å². The third kappa shape index (κ3) is 2.90. The van der Waals surface area contributed by atoms with Crippen molar-refractivity contribution in [3.8, 4) is 0 Å². The summed E-state index contributed by atoms with van der Waals surface area (Å²) in [5.41, 5.74) is 6.10. The maximum absolute atomic E-state index is 13.6. The molecule has 0 spiro atoms. The van der Waals surface area contributed by atoms with Gasteiger partial charge in [0.2, 0.25) is 10.0 Å². The minimum absolute atomic E-state index is 0.0596. The average Bonchev–Trinajstić information content (AvgIpc) is 3.16. The van der Waals surface area contributed by atoms with E-state index in [9.17, 15) is 12.8 Å². The van der Waals surface area contributed by atoms with E-state index in [0.717, 1.165) is 18.9 Å². The zero-order valence-corrected chi connectivity index (χ0v) is 12.0. The summed E-state index contributed by atoms with van der Waals surface area (Å²) in [7, 11) is -3.65. The average molecular weight is 286 g/mol. The standard InChI is InChI=1S/C13H19FN2O2S/c1-3-16(8-10-4-5-10)19(17,18)11-6-12(14)9(2)13(15)7-11/h6-7,10H,3-5,8,15H2,1-2H3. The Labute approximate surface area is 113 Å². The van der Waals surface area contributed by atoms with Crippen molar-refractivity contribution in [2.75, 3.05) is 18.8 Å². The first-order valence-corrected chi connectivity index (χ1v) is 7.86. The maximum Gasteiger partial charge on any atom is 0.243 e. The number of nitrogens with two attached hydrogens (primary N) is 1. The lowest BCUT2D eigenvalue weighted by molar-refractivity contribution is 0.411. The minimum atomic E-state index is -3.65. The minimum Gasteiger partial charge on any atom is -0.398 e. The number of nitrogens with zero attached hydrogens (tertiary/aromatic N) is 1. The monoisotopic (exact) mass is 286 g/mol. The zero-order valence-electron chi connectivity index (χ0n) is 11.2. The van der Waals surface area contributed by atoms with Gasteiger partial charge >= 0.3 is 0 Å². The van der Waals surface area contributed by atoms with Gasteiger partial charge < -0.3 is 5.73 Å². The lowest BCUT2D eigenvalue weighted by atomic mass is 10.2. The summed E-state index contributed by atoms with van der Waals surface area (Å²) < 4.78 is 39.9. The Hall–Kier alpha value is -1.14. The second-order valence-corrected chi connectivity index (χ2v) is 6.96. The fourth-order valence-electron chi connectivity index (χ4n) is 1.96. The third-order valence-corrected chi connectivity index (χ3v) is 5.43. The van der Waals surface area contributed by atoms with Crippen molar-refractivity contribution >= 4 is 15.7 Å². The highest BCUT2D eigenvalue weighted by atomic mass is 32.2. The van der Waals surface area contributed by atoms with Gasteiger partial charge in [-0.1, -0.05) is 6.92 Å². The fraction of sp³-hybridized carbons (Fsp3) is 0.538. The van der Waals surface area contributed by atoms with Gasteiger partial charge in [-0.3, -0.25) is 0 Å². The number of halogens is 1. The molecule has 1 aromatic rings. The first-order valence-electron chi connectivity index (χ1n) is 6.42. The lowest BCUT2D eigenvalue weighted by Gasteiger charge is -2.20. The van der Waals surface area contributed by atoms with Crippen LogP contribution in [0.2, 0.25) is 0 Å². The molecule has 0 amide bonds. The topological polar surface area (TPSA) is 63.4 Å². The zero-order chi connectivity index (χ0) is 14.2. The van der Waals surface area contributed by atoms with Crippen molar-refractivity contribution in [2.45, 2.75) is 31.6 Å². The van der Waals surface area contributed by atoms with Gasteiger partial charge in [0.05, 0.1) is 4.90 Å². The van der Waals surface area contributed by atoms with Crippen LogP contribution in [-0.4, -0.2) is 25.8 Å². The molecule has 0 saturated heterocycles. The molecular formula is C13H19FN2O2S. The van der Waals surface area contributed by atoms with Gasteiger partial charge in [0.15, 0.2) is 0 Å². The van der Waals surface area contributed by atoms with E-state index >= 15 is 0 Å². The van der Waals surface area contributed by atoms with Gasteiger partial charge in [-0.25, -0.2) is 12.8 Å². The van der Waals surface area contributed by atoms with Crippen LogP contribution in [0.4, 0.5) is 10.1 Å². The number of benzene rings is 1. The maximum atomic E-state index is 13.6. The molecule has 0 heterocycles. The molecule has 1 saturated carbocycles.